The van der Waals surface area contributed by atoms with Gasteiger partial charge in [-0.25, -0.2) is 0 Å². The molecule has 2 unspecified atom stereocenters. The van der Waals surface area contributed by atoms with Crippen LogP contribution in [0.5, 0.6) is 5.75 Å². The minimum Gasteiger partial charge on any atom is -0.406 e. The Morgan fingerprint density at radius 3 is 2.84 bits per heavy atom. The van der Waals surface area contributed by atoms with Gasteiger partial charge in [-0.15, -0.1) is 13.2 Å². The first-order valence-corrected chi connectivity index (χ1v) is 6.13. The van der Waals surface area contributed by atoms with E-state index in [2.05, 4.69) is 4.74 Å². The summed E-state index contributed by atoms with van der Waals surface area (Å²) in [6.07, 6.45) is -3.02. The van der Waals surface area contributed by atoms with Gasteiger partial charge in [0.25, 0.3) is 0 Å². The summed E-state index contributed by atoms with van der Waals surface area (Å²) in [5.74, 6) is 0.144. The van der Waals surface area contributed by atoms with Crippen LogP contribution in [-0.2, 0) is 4.74 Å². The van der Waals surface area contributed by atoms with Gasteiger partial charge in [0.15, 0.2) is 0 Å². The van der Waals surface area contributed by atoms with E-state index in [1.54, 1.807) is 6.07 Å². The Hall–Kier alpha value is -1.27. The van der Waals surface area contributed by atoms with Crippen LogP contribution in [0.2, 0.25) is 0 Å². The predicted molar refractivity (Wildman–Crippen MR) is 63.6 cm³/mol. The van der Waals surface area contributed by atoms with Gasteiger partial charge in [-0.05, 0) is 36.5 Å². The average molecular weight is 275 g/mol. The number of nitrogens with two attached hydrogens (primary N) is 1. The summed E-state index contributed by atoms with van der Waals surface area (Å²) in [6, 6.07) is 5.53. The van der Waals surface area contributed by atoms with Gasteiger partial charge in [0.2, 0.25) is 0 Å². The van der Waals surface area contributed by atoms with Gasteiger partial charge in [0.1, 0.15) is 5.75 Å². The number of rotatable bonds is 4. The lowest BCUT2D eigenvalue weighted by atomic mass is 9.95. The molecule has 3 nitrogen and oxygen atoms in total. The monoisotopic (exact) mass is 275 g/mol. The Morgan fingerprint density at radius 1 is 1.42 bits per heavy atom. The van der Waals surface area contributed by atoms with Crippen LogP contribution in [-0.4, -0.2) is 19.6 Å². The van der Waals surface area contributed by atoms with Crippen LogP contribution in [0.15, 0.2) is 24.3 Å². The third-order valence-corrected chi connectivity index (χ3v) is 3.13. The quantitative estimate of drug-likeness (QED) is 0.918. The highest BCUT2D eigenvalue weighted by atomic mass is 19.4. The molecule has 19 heavy (non-hydrogen) atoms. The standard InChI is InChI=1S/C13H16F3NO2/c14-13(15,16)19-11-3-1-2-10(7-11)12(17)6-9-4-5-18-8-9/h1-3,7,9,12H,4-6,8,17H2. The molecule has 6 heteroatoms. The van der Waals surface area contributed by atoms with Gasteiger partial charge < -0.3 is 15.2 Å². The van der Waals surface area contributed by atoms with Crippen LogP contribution in [0.1, 0.15) is 24.4 Å². The van der Waals surface area contributed by atoms with E-state index in [9.17, 15) is 13.2 Å². The van der Waals surface area contributed by atoms with E-state index < -0.39 is 6.36 Å². The second kappa shape index (κ2) is 5.79. The van der Waals surface area contributed by atoms with Gasteiger partial charge in [-0.3, -0.25) is 0 Å². The Morgan fingerprint density at radius 2 is 2.21 bits per heavy atom. The molecule has 1 heterocycles. The third-order valence-electron chi connectivity index (χ3n) is 3.13. The van der Waals surface area contributed by atoms with Crippen molar-refractivity contribution < 1.29 is 22.6 Å². The average Bonchev–Trinajstić information content (AvgIpc) is 2.80. The Balaban J connectivity index is 2.00. The van der Waals surface area contributed by atoms with Crippen molar-refractivity contribution in [3.63, 3.8) is 0 Å². The number of ether oxygens (including phenoxy) is 2. The minimum atomic E-state index is -4.68. The largest absolute Gasteiger partial charge is 0.573 e. The molecule has 1 aromatic carbocycles. The molecule has 0 amide bonds. The maximum absolute atomic E-state index is 12.1. The molecule has 0 saturated carbocycles. The van der Waals surface area contributed by atoms with Crippen molar-refractivity contribution >= 4 is 0 Å². The molecule has 2 N–H and O–H groups in total. The zero-order valence-electron chi connectivity index (χ0n) is 10.3. The lowest BCUT2D eigenvalue weighted by Crippen LogP contribution is -2.18. The molecule has 1 aromatic rings. The van der Waals surface area contributed by atoms with Gasteiger partial charge >= 0.3 is 6.36 Å². The molecular weight excluding hydrogens is 259 g/mol. The molecule has 2 atom stereocenters. The zero-order valence-corrected chi connectivity index (χ0v) is 10.3. The second-order valence-electron chi connectivity index (χ2n) is 4.69. The van der Waals surface area contributed by atoms with Crippen LogP contribution < -0.4 is 10.5 Å². The molecule has 106 valence electrons. The van der Waals surface area contributed by atoms with E-state index >= 15 is 0 Å². The Kier molecular flexibility index (Phi) is 4.31. The number of hydrogen-bond acceptors (Lipinski definition) is 3. The summed E-state index contributed by atoms with van der Waals surface area (Å²) in [4.78, 5) is 0. The van der Waals surface area contributed by atoms with Crippen molar-refractivity contribution in [3.8, 4) is 5.75 Å². The SMILES string of the molecule is NC(CC1CCOC1)c1cccc(OC(F)(F)F)c1. The van der Waals surface area contributed by atoms with Gasteiger partial charge in [0.05, 0.1) is 0 Å². The van der Waals surface area contributed by atoms with Crippen LogP contribution in [0, 0.1) is 5.92 Å². The molecule has 0 radical (unpaired) electrons. The Labute approximate surface area is 109 Å². The van der Waals surface area contributed by atoms with Crippen LogP contribution in [0.4, 0.5) is 13.2 Å². The molecule has 1 aliphatic rings. The highest BCUT2D eigenvalue weighted by molar-refractivity contribution is 5.30. The van der Waals surface area contributed by atoms with E-state index in [0.29, 0.717) is 24.5 Å². The first-order chi connectivity index (χ1) is 8.94. The molecule has 0 aromatic heterocycles. The maximum atomic E-state index is 12.1. The molecule has 0 bridgehead atoms. The van der Waals surface area contributed by atoms with Crippen molar-refractivity contribution in [2.45, 2.75) is 25.2 Å². The summed E-state index contributed by atoms with van der Waals surface area (Å²) in [5.41, 5.74) is 6.66. The topological polar surface area (TPSA) is 44.5 Å². The molecule has 0 spiro atoms. The second-order valence-corrected chi connectivity index (χ2v) is 4.69. The van der Waals surface area contributed by atoms with Crippen LogP contribution in [0.25, 0.3) is 0 Å². The lowest BCUT2D eigenvalue weighted by Gasteiger charge is -2.17. The van der Waals surface area contributed by atoms with Crippen molar-refractivity contribution in [2.75, 3.05) is 13.2 Å². The summed E-state index contributed by atoms with van der Waals surface area (Å²) in [5, 5.41) is 0. The van der Waals surface area contributed by atoms with E-state index in [0.717, 1.165) is 13.0 Å². The number of halogens is 3. The number of hydrogen-bond donors (Lipinski definition) is 1. The summed E-state index contributed by atoms with van der Waals surface area (Å²) >= 11 is 0. The predicted octanol–water partition coefficient (Wildman–Crippen LogP) is 3.01. The number of benzene rings is 1. The molecule has 2 rings (SSSR count). The zero-order chi connectivity index (χ0) is 13.9. The first-order valence-electron chi connectivity index (χ1n) is 6.13. The van der Waals surface area contributed by atoms with E-state index in [1.165, 1.54) is 18.2 Å². The highest BCUT2D eigenvalue weighted by Gasteiger charge is 2.31. The summed E-state index contributed by atoms with van der Waals surface area (Å²) in [7, 11) is 0. The Bertz CT molecular complexity index is 417. The van der Waals surface area contributed by atoms with Gasteiger partial charge in [-0.1, -0.05) is 12.1 Å². The molecule has 1 aliphatic heterocycles. The van der Waals surface area contributed by atoms with E-state index in [1.807, 2.05) is 0 Å². The summed E-state index contributed by atoms with van der Waals surface area (Å²) < 4.78 is 45.5. The van der Waals surface area contributed by atoms with E-state index in [-0.39, 0.29) is 11.8 Å². The lowest BCUT2D eigenvalue weighted by molar-refractivity contribution is -0.274. The van der Waals surface area contributed by atoms with Crippen molar-refractivity contribution in [2.24, 2.45) is 11.7 Å². The minimum absolute atomic E-state index is 0.233. The fourth-order valence-electron chi connectivity index (χ4n) is 2.21. The first kappa shape index (κ1) is 14.1. The normalized spacial score (nSPS) is 21.4. The van der Waals surface area contributed by atoms with Gasteiger partial charge in [0, 0.05) is 19.3 Å². The molecule has 1 saturated heterocycles. The maximum Gasteiger partial charge on any atom is 0.573 e. The van der Waals surface area contributed by atoms with Crippen molar-refractivity contribution in [3.05, 3.63) is 29.8 Å². The molecule has 0 aliphatic carbocycles. The smallest absolute Gasteiger partial charge is 0.406 e. The fourth-order valence-corrected chi connectivity index (χ4v) is 2.21. The third kappa shape index (κ3) is 4.40. The molecule has 1 fully saturated rings. The highest BCUT2D eigenvalue weighted by Crippen LogP contribution is 2.28. The number of alkyl halides is 3. The van der Waals surface area contributed by atoms with Crippen molar-refractivity contribution in [1.29, 1.82) is 0 Å². The summed E-state index contributed by atoms with van der Waals surface area (Å²) in [6.45, 7) is 1.40. The molecular formula is C13H16F3NO2. The van der Waals surface area contributed by atoms with Gasteiger partial charge in [-0.2, -0.15) is 0 Å². The van der Waals surface area contributed by atoms with Crippen LogP contribution >= 0.6 is 0 Å². The fraction of sp³-hybridized carbons (Fsp3) is 0.538. The van der Waals surface area contributed by atoms with E-state index in [4.69, 9.17) is 10.5 Å². The van der Waals surface area contributed by atoms with Crippen LogP contribution in [0.3, 0.4) is 0 Å². The van der Waals surface area contributed by atoms with Crippen molar-refractivity contribution in [1.82, 2.24) is 0 Å².